The van der Waals surface area contributed by atoms with Crippen LogP contribution in [-0.4, -0.2) is 121 Å². The van der Waals surface area contributed by atoms with E-state index in [4.69, 9.17) is 0 Å². The molecule has 0 aromatic carbocycles. The van der Waals surface area contributed by atoms with Crippen molar-refractivity contribution in [3.05, 3.63) is 113 Å². The largest absolute Gasteiger partial charge is 0.297 e. The van der Waals surface area contributed by atoms with Crippen LogP contribution in [0.25, 0.3) is 0 Å². The molecule has 105 heavy (non-hydrogen) atoms. The standard InChI is InChI=1S/C15H28.C14H27N.2C14H20.C13H26N2.2C12H19NO2S/c1-13(2,3)11-7-15(8-11)9-12(10-15)14(4,5)6;1-12(2,3)11-7-14(8-11)9-15(10-14)13(4,5)6;2*1-9(2)11-5-13-7-12(10(3)4)8-14(13)6-11;1-11(2,3)14-7-13(8-14)9-15(10-13)12(4,5)6;2*1-8(2)10-5-11-7-13(9(3)4)16(14,15)12(11)6-10/h11-12H,7-10H2,1-6H3;11H,7-10H2,1-6H3;5,8-10H,6-7H2,1-4H3;5,7,9-10H,6,8H2,1-4H3;7-10H2,1-6H3;6,8-9H,5,7H2,1-4H3;5,8-9H,6-7H2,1-4H3. The molecule has 3 saturated heterocycles. The van der Waals surface area contributed by atoms with Crippen LogP contribution >= 0.6 is 0 Å². The van der Waals surface area contributed by atoms with Crippen LogP contribution in [0, 0.1) is 85.8 Å². The number of rotatable bonds is 8. The first kappa shape index (κ1) is 87.7. The summed E-state index contributed by atoms with van der Waals surface area (Å²) in [4.78, 5) is 9.06. The Balaban J connectivity index is 0.000000155. The zero-order valence-electron chi connectivity index (χ0n) is 74.1. The van der Waals surface area contributed by atoms with E-state index in [2.05, 4.69) is 253 Å². The molecule has 3 spiro atoms. The molecule has 14 rings (SSSR count). The lowest BCUT2D eigenvalue weighted by Crippen LogP contribution is -2.76. The van der Waals surface area contributed by atoms with Gasteiger partial charge in [-0.3, -0.25) is 14.7 Å². The lowest BCUT2D eigenvalue weighted by Gasteiger charge is -2.66. The predicted octanol–water partition coefficient (Wildman–Crippen LogP) is 23.7. The minimum absolute atomic E-state index is 0.0477. The lowest BCUT2D eigenvalue weighted by molar-refractivity contribution is -0.167. The monoisotopic (exact) mass is 1490 g/mol. The summed E-state index contributed by atoms with van der Waals surface area (Å²) in [6, 6.07) is 0.0954. The van der Waals surface area contributed by atoms with Gasteiger partial charge in [0.2, 0.25) is 20.0 Å². The number of likely N-dealkylation sites (tertiary alicyclic amines) is 3. The predicted molar refractivity (Wildman–Crippen MR) is 453 cm³/mol. The number of sulfonamides is 2. The summed E-state index contributed by atoms with van der Waals surface area (Å²) >= 11 is 0. The number of nitrogens with zero attached hydrogens (tertiary/aromatic N) is 5. The van der Waals surface area contributed by atoms with Gasteiger partial charge in [0.1, 0.15) is 0 Å². The Labute approximate surface area is 648 Å². The van der Waals surface area contributed by atoms with E-state index in [0.717, 1.165) is 69.8 Å². The molecule has 596 valence electrons. The quantitative estimate of drug-likeness (QED) is 0.239. The summed E-state index contributed by atoms with van der Waals surface area (Å²) in [6.45, 7) is 86.1. The van der Waals surface area contributed by atoms with E-state index in [1.807, 2.05) is 33.8 Å². The van der Waals surface area contributed by atoms with Crippen molar-refractivity contribution in [3.63, 3.8) is 0 Å². The molecule has 0 aromatic heterocycles. The van der Waals surface area contributed by atoms with Gasteiger partial charge in [-0.15, -0.1) is 0 Å². The first-order valence-electron chi connectivity index (χ1n) is 42.1. The second-order valence-corrected chi connectivity index (χ2v) is 48.4. The Morgan fingerprint density at radius 3 is 0.905 bits per heavy atom. The van der Waals surface area contributed by atoms with Crippen LogP contribution in [-0.2, 0) is 20.0 Å². The Morgan fingerprint density at radius 2 is 0.610 bits per heavy atom. The van der Waals surface area contributed by atoms with Crippen molar-refractivity contribution in [3.8, 4) is 0 Å². The molecule has 9 nitrogen and oxygen atoms in total. The highest BCUT2D eigenvalue weighted by atomic mass is 32.2. The average Bonchev–Trinajstić information content (AvgIpc) is 1.67. The molecule has 0 amide bonds. The fourth-order valence-corrected chi connectivity index (χ4v) is 22.2. The van der Waals surface area contributed by atoms with Crippen LogP contribution in [0.15, 0.2) is 113 Å². The van der Waals surface area contributed by atoms with Crippen molar-refractivity contribution in [1.29, 1.82) is 0 Å². The molecule has 9 aliphatic carbocycles. The number of allylic oxidation sites excluding steroid dienone is 16. The van der Waals surface area contributed by atoms with Crippen LogP contribution in [0.2, 0.25) is 0 Å². The normalized spacial score (nSPS) is 26.8. The highest BCUT2D eigenvalue weighted by molar-refractivity contribution is 7.93. The van der Waals surface area contributed by atoms with Crippen LogP contribution in [0.3, 0.4) is 0 Å². The molecule has 0 atom stereocenters. The number of hydrogen-bond acceptors (Lipinski definition) is 7. The average molecular weight is 1490 g/mol. The maximum Gasteiger partial charge on any atom is 0.243 e. The first-order valence-corrected chi connectivity index (χ1v) is 45.0. The van der Waals surface area contributed by atoms with Gasteiger partial charge in [-0.25, -0.2) is 16.8 Å². The van der Waals surface area contributed by atoms with Crippen LogP contribution in [0.1, 0.15) is 312 Å². The third-order valence-corrected chi connectivity index (χ3v) is 31.6. The van der Waals surface area contributed by atoms with Gasteiger partial charge in [0, 0.05) is 92.9 Å². The van der Waals surface area contributed by atoms with Crippen molar-refractivity contribution in [1.82, 2.24) is 23.3 Å². The van der Waals surface area contributed by atoms with Gasteiger partial charge in [0.25, 0.3) is 0 Å². The summed E-state index contributed by atoms with van der Waals surface area (Å²) in [5.74, 6) is 6.72. The summed E-state index contributed by atoms with van der Waals surface area (Å²) in [6.07, 6.45) is 29.0. The molecule has 0 unspecified atom stereocenters. The van der Waals surface area contributed by atoms with Crippen LogP contribution in [0.4, 0.5) is 0 Å². The Kier molecular flexibility index (Phi) is 26.4. The van der Waals surface area contributed by atoms with E-state index >= 15 is 0 Å². The maximum atomic E-state index is 12.2. The van der Waals surface area contributed by atoms with Crippen molar-refractivity contribution >= 4 is 20.0 Å². The summed E-state index contributed by atoms with van der Waals surface area (Å²) in [5, 5.41) is 0. The van der Waals surface area contributed by atoms with E-state index in [1.54, 1.807) is 47.6 Å². The Hall–Kier alpha value is -2.90. The van der Waals surface area contributed by atoms with Gasteiger partial charge in [-0.2, -0.15) is 8.61 Å². The fourth-order valence-electron chi connectivity index (χ4n) is 18.3. The highest BCUT2D eigenvalue weighted by Gasteiger charge is 2.59. The van der Waals surface area contributed by atoms with Crippen molar-refractivity contribution in [2.45, 2.75) is 341 Å². The number of hydrogen-bond donors (Lipinski definition) is 0. The van der Waals surface area contributed by atoms with E-state index < -0.39 is 20.0 Å². The second-order valence-electron chi connectivity index (χ2n) is 44.6. The molecule has 11 heteroatoms. The molecule has 14 aliphatic rings. The molecule has 5 heterocycles. The molecule has 0 radical (unpaired) electrons. The van der Waals surface area contributed by atoms with Crippen LogP contribution in [0.5, 0.6) is 0 Å². The van der Waals surface area contributed by atoms with E-state index in [-0.39, 0.29) is 12.1 Å². The van der Waals surface area contributed by atoms with Crippen molar-refractivity contribution in [2.75, 3.05) is 52.4 Å². The molecule has 5 aliphatic heterocycles. The molecule has 0 bridgehead atoms. The van der Waals surface area contributed by atoms with E-state index in [1.165, 1.54) is 120 Å². The zero-order chi connectivity index (χ0) is 79.2. The lowest BCUT2D eigenvalue weighted by atomic mass is 9.42. The molecule has 3 saturated carbocycles. The topological polar surface area (TPSA) is 84.5 Å². The molecule has 0 aromatic rings. The van der Waals surface area contributed by atoms with Gasteiger partial charge in [-0.05, 0) is 275 Å². The van der Waals surface area contributed by atoms with Gasteiger partial charge in [0.15, 0.2) is 0 Å². The molecular weight excluding hydrogens is 1330 g/mol. The highest BCUT2D eigenvalue weighted by Crippen LogP contribution is 2.67. The molecule has 6 fully saturated rings. The van der Waals surface area contributed by atoms with Crippen LogP contribution < -0.4 is 0 Å². The minimum atomic E-state index is -3.19. The summed E-state index contributed by atoms with van der Waals surface area (Å²) in [7, 11) is -6.36. The second kappa shape index (κ2) is 31.6. The van der Waals surface area contributed by atoms with Gasteiger partial charge in [-0.1, -0.05) is 215 Å². The maximum absolute atomic E-state index is 12.2. The zero-order valence-corrected chi connectivity index (χ0v) is 75.8. The van der Waals surface area contributed by atoms with Gasteiger partial charge >= 0.3 is 0 Å². The minimum Gasteiger partial charge on any atom is -0.297 e. The first-order chi connectivity index (χ1) is 47.7. The fraction of sp³-hybridized carbons (Fsp3) is 0.787. The van der Waals surface area contributed by atoms with Gasteiger partial charge in [0.05, 0.1) is 9.81 Å². The molecular formula is C94H159N5O4S2. The third-order valence-electron chi connectivity index (χ3n) is 27.2. The van der Waals surface area contributed by atoms with Crippen molar-refractivity contribution in [2.24, 2.45) is 85.8 Å². The van der Waals surface area contributed by atoms with E-state index in [0.29, 0.717) is 79.4 Å². The SMILES string of the molecule is CC(C)(C)C1CC2(C1)CC(C(C)(C)C)C2.CC(C)(C)C1CC2(C1)CN(C(C)(C)C)C2.CC(C)(C)N1CC2(C1)CN(C(C)(C)C)C2.CC(C)C1=CC2=C(C1)CC(C(C)C)=C2.CC(C)C1=CC2=C(C1)CN(C(C)C)S2(=O)=O.CC(C)C1=CC2=C(C1)S(=O)(=O)N(C(C)C)C2.CC(C)C1=CC2=C(C=C(C(C)C)C2)C1. The summed E-state index contributed by atoms with van der Waals surface area (Å²) < 4.78 is 52.0. The third kappa shape index (κ3) is 20.3. The Bertz CT molecular complexity index is 3400. The van der Waals surface area contributed by atoms with Gasteiger partial charge < -0.3 is 0 Å². The summed E-state index contributed by atoms with van der Waals surface area (Å²) in [5.41, 5.74) is 22.4. The van der Waals surface area contributed by atoms with E-state index in [9.17, 15) is 16.8 Å². The smallest absolute Gasteiger partial charge is 0.243 e. The Morgan fingerprint density at radius 1 is 0.324 bits per heavy atom. The van der Waals surface area contributed by atoms with Crippen molar-refractivity contribution < 1.29 is 16.8 Å². The molecule has 0 N–H and O–H groups in total.